The first kappa shape index (κ1) is 15.0. The molecule has 2 aromatic rings. The minimum absolute atomic E-state index is 0.0500. The van der Waals surface area contributed by atoms with E-state index in [1.807, 2.05) is 35.2 Å². The van der Waals surface area contributed by atoms with Crippen LogP contribution in [0.2, 0.25) is 0 Å². The molecule has 0 radical (unpaired) electrons. The van der Waals surface area contributed by atoms with E-state index in [2.05, 4.69) is 4.90 Å². The van der Waals surface area contributed by atoms with E-state index in [1.165, 1.54) is 12.1 Å². The van der Waals surface area contributed by atoms with Gasteiger partial charge in [-0.05, 0) is 24.3 Å². The largest absolute Gasteiger partial charge is 0.368 e. The van der Waals surface area contributed by atoms with Crippen molar-refractivity contribution < 1.29 is 9.72 Å². The summed E-state index contributed by atoms with van der Waals surface area (Å²) in [5.41, 5.74) is 1.74. The first-order valence-corrected chi connectivity index (χ1v) is 7.49. The number of nitro groups is 1. The molecule has 0 saturated carbocycles. The van der Waals surface area contributed by atoms with Crippen LogP contribution in [0.25, 0.3) is 0 Å². The average molecular weight is 311 g/mol. The number of carbonyl (C=O) groups excluding carboxylic acids is 1. The van der Waals surface area contributed by atoms with Crippen LogP contribution < -0.4 is 4.90 Å². The lowest BCUT2D eigenvalue weighted by Gasteiger charge is -2.36. The molecule has 118 valence electrons. The number of non-ortho nitro benzene ring substituents is 1. The van der Waals surface area contributed by atoms with Crippen LogP contribution >= 0.6 is 0 Å². The van der Waals surface area contributed by atoms with Crippen molar-refractivity contribution in [3.05, 3.63) is 70.3 Å². The van der Waals surface area contributed by atoms with Gasteiger partial charge in [0, 0.05) is 49.6 Å². The van der Waals surface area contributed by atoms with Crippen LogP contribution in [0, 0.1) is 10.1 Å². The molecule has 1 saturated heterocycles. The maximum atomic E-state index is 12.4. The molecular weight excluding hydrogens is 294 g/mol. The van der Waals surface area contributed by atoms with E-state index in [1.54, 1.807) is 12.1 Å². The van der Waals surface area contributed by atoms with Crippen molar-refractivity contribution in [3.8, 4) is 0 Å². The maximum absolute atomic E-state index is 12.4. The molecule has 0 aliphatic carbocycles. The van der Waals surface area contributed by atoms with Gasteiger partial charge in [-0.15, -0.1) is 0 Å². The number of nitrogens with zero attached hydrogens (tertiary/aromatic N) is 3. The highest BCUT2D eigenvalue weighted by molar-refractivity contribution is 5.94. The second-order valence-electron chi connectivity index (χ2n) is 5.42. The van der Waals surface area contributed by atoms with Crippen molar-refractivity contribution in [2.45, 2.75) is 0 Å². The van der Waals surface area contributed by atoms with E-state index in [0.29, 0.717) is 18.7 Å². The third-order valence-electron chi connectivity index (χ3n) is 4.01. The van der Waals surface area contributed by atoms with Crippen molar-refractivity contribution >= 4 is 17.3 Å². The molecule has 0 spiro atoms. The van der Waals surface area contributed by atoms with Crippen LogP contribution in [0.5, 0.6) is 0 Å². The molecule has 3 rings (SSSR count). The Morgan fingerprint density at radius 2 is 1.52 bits per heavy atom. The summed E-state index contributed by atoms with van der Waals surface area (Å²) in [5.74, 6) is 0.0500. The Morgan fingerprint density at radius 1 is 0.913 bits per heavy atom. The molecule has 1 aliphatic heterocycles. The van der Waals surface area contributed by atoms with Gasteiger partial charge in [-0.25, -0.2) is 0 Å². The molecule has 2 aromatic carbocycles. The highest BCUT2D eigenvalue weighted by Crippen LogP contribution is 2.21. The lowest BCUT2D eigenvalue weighted by Crippen LogP contribution is -2.48. The second-order valence-corrected chi connectivity index (χ2v) is 5.42. The molecule has 1 amide bonds. The predicted octanol–water partition coefficient (Wildman–Crippen LogP) is 2.56. The van der Waals surface area contributed by atoms with Gasteiger partial charge in [0.25, 0.3) is 11.6 Å². The molecule has 0 atom stereocenters. The van der Waals surface area contributed by atoms with E-state index in [-0.39, 0.29) is 11.6 Å². The zero-order valence-corrected chi connectivity index (χ0v) is 12.6. The number of amides is 1. The number of hydrogen-bond acceptors (Lipinski definition) is 4. The maximum Gasteiger partial charge on any atom is 0.269 e. The van der Waals surface area contributed by atoms with Gasteiger partial charge in [-0.2, -0.15) is 0 Å². The monoisotopic (exact) mass is 311 g/mol. The van der Waals surface area contributed by atoms with Crippen LogP contribution in [0.3, 0.4) is 0 Å². The van der Waals surface area contributed by atoms with Gasteiger partial charge in [-0.3, -0.25) is 14.9 Å². The quantitative estimate of drug-likeness (QED) is 0.645. The Kier molecular flexibility index (Phi) is 4.23. The van der Waals surface area contributed by atoms with Gasteiger partial charge >= 0.3 is 0 Å². The fraction of sp³-hybridized carbons (Fsp3) is 0.235. The lowest BCUT2D eigenvalue weighted by atomic mass is 10.1. The summed E-state index contributed by atoms with van der Waals surface area (Å²) in [7, 11) is 0. The van der Waals surface area contributed by atoms with E-state index in [4.69, 9.17) is 0 Å². The molecule has 1 fully saturated rings. The standard InChI is InChI=1S/C17H17N3O3/c21-17(14-4-2-1-3-5-14)19-12-10-18(11-13-19)15-6-8-16(9-7-15)20(22)23/h1-9H,10-13H2. The van der Waals surface area contributed by atoms with Crippen molar-refractivity contribution in [1.29, 1.82) is 0 Å². The lowest BCUT2D eigenvalue weighted by molar-refractivity contribution is -0.384. The molecule has 0 bridgehead atoms. The molecule has 6 nitrogen and oxygen atoms in total. The molecule has 0 N–H and O–H groups in total. The van der Waals surface area contributed by atoms with E-state index >= 15 is 0 Å². The first-order chi connectivity index (χ1) is 11.1. The van der Waals surface area contributed by atoms with E-state index < -0.39 is 4.92 Å². The summed E-state index contributed by atoms with van der Waals surface area (Å²) in [6.07, 6.45) is 0. The number of anilines is 1. The summed E-state index contributed by atoms with van der Waals surface area (Å²) >= 11 is 0. The fourth-order valence-corrected chi connectivity index (χ4v) is 2.72. The number of hydrogen-bond donors (Lipinski definition) is 0. The number of nitro benzene ring substituents is 1. The zero-order chi connectivity index (χ0) is 16.2. The Hall–Kier alpha value is -2.89. The normalized spacial score (nSPS) is 14.6. The van der Waals surface area contributed by atoms with E-state index in [9.17, 15) is 14.9 Å². The molecule has 1 aliphatic rings. The third-order valence-corrected chi connectivity index (χ3v) is 4.01. The summed E-state index contributed by atoms with van der Waals surface area (Å²) in [4.78, 5) is 26.7. The van der Waals surface area contributed by atoms with Gasteiger partial charge in [0.1, 0.15) is 0 Å². The van der Waals surface area contributed by atoms with Gasteiger partial charge in [0.15, 0.2) is 0 Å². The Labute approximate surface area is 134 Å². The molecule has 1 heterocycles. The highest BCUT2D eigenvalue weighted by Gasteiger charge is 2.22. The van der Waals surface area contributed by atoms with Crippen molar-refractivity contribution in [2.24, 2.45) is 0 Å². The van der Waals surface area contributed by atoms with Gasteiger partial charge in [0.2, 0.25) is 0 Å². The summed E-state index contributed by atoms with van der Waals surface area (Å²) in [6, 6.07) is 15.8. The molecule has 6 heteroatoms. The molecular formula is C17H17N3O3. The van der Waals surface area contributed by atoms with Crippen molar-refractivity contribution in [3.63, 3.8) is 0 Å². The second kappa shape index (κ2) is 6.48. The van der Waals surface area contributed by atoms with Crippen LogP contribution in [-0.2, 0) is 0 Å². The molecule has 0 aromatic heterocycles. The SMILES string of the molecule is O=C(c1ccccc1)N1CCN(c2ccc([N+](=O)[O-])cc2)CC1. The Morgan fingerprint density at radius 3 is 2.09 bits per heavy atom. The number of rotatable bonds is 3. The van der Waals surface area contributed by atoms with Crippen LogP contribution in [0.15, 0.2) is 54.6 Å². The van der Waals surface area contributed by atoms with Gasteiger partial charge < -0.3 is 9.80 Å². The van der Waals surface area contributed by atoms with Crippen LogP contribution in [0.4, 0.5) is 11.4 Å². The molecule has 0 unspecified atom stereocenters. The summed E-state index contributed by atoms with van der Waals surface area (Å²) < 4.78 is 0. The van der Waals surface area contributed by atoms with Crippen molar-refractivity contribution in [1.82, 2.24) is 4.90 Å². The van der Waals surface area contributed by atoms with Crippen LogP contribution in [0.1, 0.15) is 10.4 Å². The summed E-state index contributed by atoms with van der Waals surface area (Å²) in [5, 5.41) is 10.7. The minimum Gasteiger partial charge on any atom is -0.368 e. The zero-order valence-electron chi connectivity index (χ0n) is 12.6. The fourth-order valence-electron chi connectivity index (χ4n) is 2.72. The first-order valence-electron chi connectivity index (χ1n) is 7.49. The van der Waals surface area contributed by atoms with Crippen LogP contribution in [-0.4, -0.2) is 41.9 Å². The van der Waals surface area contributed by atoms with Crippen molar-refractivity contribution in [2.75, 3.05) is 31.1 Å². The smallest absolute Gasteiger partial charge is 0.269 e. The summed E-state index contributed by atoms with van der Waals surface area (Å²) in [6.45, 7) is 2.72. The van der Waals surface area contributed by atoms with Gasteiger partial charge in [-0.1, -0.05) is 18.2 Å². The highest BCUT2D eigenvalue weighted by atomic mass is 16.6. The Balaban J connectivity index is 1.62. The average Bonchev–Trinajstić information content (AvgIpc) is 2.62. The van der Waals surface area contributed by atoms with E-state index in [0.717, 1.165) is 18.8 Å². The minimum atomic E-state index is -0.403. The predicted molar refractivity (Wildman–Crippen MR) is 87.7 cm³/mol. The number of carbonyl (C=O) groups is 1. The Bertz CT molecular complexity index is 693. The number of benzene rings is 2. The van der Waals surface area contributed by atoms with Gasteiger partial charge in [0.05, 0.1) is 4.92 Å². The third kappa shape index (κ3) is 3.31. The molecule has 23 heavy (non-hydrogen) atoms. The number of piperazine rings is 1. The topological polar surface area (TPSA) is 66.7 Å².